The predicted octanol–water partition coefficient (Wildman–Crippen LogP) is 4.03. The number of nitrogens with zero attached hydrogens (tertiary/aromatic N) is 4. The summed E-state index contributed by atoms with van der Waals surface area (Å²) in [7, 11) is 1.79. The van der Waals surface area contributed by atoms with Gasteiger partial charge in [0.1, 0.15) is 0 Å². The summed E-state index contributed by atoms with van der Waals surface area (Å²) in [5, 5.41) is 11.2. The van der Waals surface area contributed by atoms with Crippen LogP contribution in [0.15, 0.2) is 42.9 Å². The number of anilines is 2. The number of rotatable bonds is 6. The van der Waals surface area contributed by atoms with Crippen LogP contribution in [-0.2, 0) is 13.2 Å². The van der Waals surface area contributed by atoms with Gasteiger partial charge >= 0.3 is 6.18 Å². The molecule has 9 nitrogen and oxygen atoms in total. The molecule has 0 atom stereocenters. The summed E-state index contributed by atoms with van der Waals surface area (Å²) < 4.78 is 43.3. The van der Waals surface area contributed by atoms with Gasteiger partial charge < -0.3 is 16.4 Å². The maximum Gasteiger partial charge on any atom is 0.416 e. The fourth-order valence-electron chi connectivity index (χ4n) is 4.46. The Morgan fingerprint density at radius 1 is 1.21 bits per heavy atom. The average Bonchev–Trinajstić information content (AvgIpc) is 3.22. The number of nitrogens with two attached hydrogens (primary N) is 2. The van der Waals surface area contributed by atoms with Crippen molar-refractivity contribution in [3.05, 3.63) is 82.1 Å². The zero-order chi connectivity index (χ0) is 28.5. The van der Waals surface area contributed by atoms with E-state index in [4.69, 9.17) is 11.6 Å². The van der Waals surface area contributed by atoms with Gasteiger partial charge in [0.05, 0.1) is 34.4 Å². The summed E-state index contributed by atoms with van der Waals surface area (Å²) in [5.41, 5.74) is 9.79. The molecule has 0 fully saturated rings. The summed E-state index contributed by atoms with van der Waals surface area (Å²) >= 11 is 0. The van der Waals surface area contributed by atoms with Crippen LogP contribution in [0.4, 0.5) is 24.5 Å². The monoisotopic (exact) mass is 540 g/mol. The first-order valence-electron chi connectivity index (χ1n) is 12.3. The Hall–Kier alpha value is -4.16. The van der Waals surface area contributed by atoms with Gasteiger partial charge in [0.2, 0.25) is 0 Å². The van der Waals surface area contributed by atoms with Crippen LogP contribution in [0.3, 0.4) is 0 Å². The minimum atomic E-state index is -4.58. The summed E-state index contributed by atoms with van der Waals surface area (Å²) in [6.45, 7) is 6.26. The molecule has 1 aliphatic heterocycles. The Morgan fingerprint density at radius 3 is 2.56 bits per heavy atom. The van der Waals surface area contributed by atoms with E-state index in [0.29, 0.717) is 47.7 Å². The number of carbonyl (C=O) groups is 1. The maximum atomic E-state index is 13.9. The molecule has 206 valence electrons. The van der Waals surface area contributed by atoms with E-state index in [1.165, 1.54) is 30.4 Å². The molecule has 3 heterocycles. The summed E-state index contributed by atoms with van der Waals surface area (Å²) in [4.78, 5) is 17.4. The summed E-state index contributed by atoms with van der Waals surface area (Å²) in [6.07, 6.45) is 2.33. The van der Waals surface area contributed by atoms with Crippen LogP contribution in [0, 0.1) is 20.8 Å². The van der Waals surface area contributed by atoms with Gasteiger partial charge in [0, 0.05) is 42.9 Å². The van der Waals surface area contributed by atoms with Crippen molar-refractivity contribution in [1.82, 2.24) is 20.1 Å². The molecule has 39 heavy (non-hydrogen) atoms. The lowest BCUT2D eigenvalue weighted by Crippen LogP contribution is -2.27. The van der Waals surface area contributed by atoms with E-state index in [1.807, 2.05) is 13.0 Å². The molecule has 0 saturated carbocycles. The minimum Gasteiger partial charge on any atom is -0.397 e. The van der Waals surface area contributed by atoms with Gasteiger partial charge in [0.15, 0.2) is 0 Å². The Balaban J connectivity index is 1.64. The van der Waals surface area contributed by atoms with Crippen LogP contribution in [0.2, 0.25) is 0 Å². The Kier molecular flexibility index (Phi) is 7.79. The van der Waals surface area contributed by atoms with Gasteiger partial charge in [-0.05, 0) is 68.6 Å². The first-order valence-corrected chi connectivity index (χ1v) is 12.3. The number of halogens is 3. The molecule has 0 unspecified atom stereocenters. The molecule has 12 heteroatoms. The summed E-state index contributed by atoms with van der Waals surface area (Å²) in [6, 6.07) is 4.04. The molecule has 4 rings (SSSR count). The average molecular weight is 541 g/mol. The second kappa shape index (κ2) is 10.9. The second-order valence-corrected chi connectivity index (χ2v) is 9.42. The SMILES string of the molecule is Cc1ncc(C(=O)Nc2cc(C3=CCNCC3)c(C)c(C(F)(F)F)c2)cc1N(N)/C=C(\N)c1cnn(C)c1C. The standard InChI is InChI=1S/C27H31F3N8O/c1-15-21(18-5-7-33-8-6-18)10-20(11-23(15)27(28,29)30)36-26(39)19-9-25(16(2)34-12-19)38(32)14-24(31)22-13-35-37(4)17(22)3/h5,9-14,33H,6-8,31-32H2,1-4H3,(H,36,39)/b24-14-. The van der Waals surface area contributed by atoms with Gasteiger partial charge in [-0.3, -0.25) is 19.5 Å². The van der Waals surface area contributed by atoms with Gasteiger partial charge in [0.25, 0.3) is 5.91 Å². The minimum absolute atomic E-state index is 0.0373. The van der Waals surface area contributed by atoms with E-state index in [1.54, 1.807) is 30.9 Å². The Morgan fingerprint density at radius 2 is 1.95 bits per heavy atom. The predicted molar refractivity (Wildman–Crippen MR) is 145 cm³/mol. The van der Waals surface area contributed by atoms with E-state index < -0.39 is 17.6 Å². The van der Waals surface area contributed by atoms with Crippen molar-refractivity contribution < 1.29 is 18.0 Å². The number of hydrogen-bond acceptors (Lipinski definition) is 7. The number of hydrazine groups is 1. The lowest BCUT2D eigenvalue weighted by Gasteiger charge is -2.21. The third-order valence-corrected chi connectivity index (χ3v) is 6.81. The Bertz CT molecular complexity index is 1470. The quantitative estimate of drug-likeness (QED) is 0.275. The van der Waals surface area contributed by atoms with Crippen molar-refractivity contribution in [2.45, 2.75) is 33.4 Å². The van der Waals surface area contributed by atoms with Gasteiger partial charge in [-0.15, -0.1) is 0 Å². The molecule has 0 radical (unpaired) electrons. The first-order chi connectivity index (χ1) is 18.4. The van der Waals surface area contributed by atoms with Crippen molar-refractivity contribution in [2.75, 3.05) is 23.4 Å². The number of amides is 1. The molecule has 3 aromatic rings. The third-order valence-electron chi connectivity index (χ3n) is 6.81. The van der Waals surface area contributed by atoms with Crippen LogP contribution in [-0.4, -0.2) is 33.8 Å². The number of hydrogen-bond donors (Lipinski definition) is 4. The lowest BCUT2D eigenvalue weighted by atomic mass is 9.92. The second-order valence-electron chi connectivity index (χ2n) is 9.42. The van der Waals surface area contributed by atoms with Gasteiger partial charge in [-0.1, -0.05) is 6.08 Å². The van der Waals surface area contributed by atoms with Crippen molar-refractivity contribution >= 4 is 28.6 Å². The molecular weight excluding hydrogens is 509 g/mol. The van der Waals surface area contributed by atoms with Crippen molar-refractivity contribution in [2.24, 2.45) is 18.6 Å². The molecule has 0 saturated heterocycles. The smallest absolute Gasteiger partial charge is 0.397 e. The lowest BCUT2D eigenvalue weighted by molar-refractivity contribution is -0.138. The topological polar surface area (TPSA) is 127 Å². The van der Waals surface area contributed by atoms with E-state index in [0.717, 1.165) is 17.3 Å². The molecule has 2 aromatic heterocycles. The molecule has 1 aromatic carbocycles. The molecule has 1 amide bonds. The maximum absolute atomic E-state index is 13.9. The molecule has 0 aliphatic carbocycles. The zero-order valence-corrected chi connectivity index (χ0v) is 22.1. The number of pyridine rings is 1. The van der Waals surface area contributed by atoms with E-state index in [-0.39, 0.29) is 16.8 Å². The number of carbonyl (C=O) groups excluding carboxylic acids is 1. The van der Waals surface area contributed by atoms with E-state index in [2.05, 4.69) is 20.7 Å². The van der Waals surface area contributed by atoms with Crippen LogP contribution in [0.1, 0.15) is 50.4 Å². The first kappa shape index (κ1) is 27.9. The van der Waals surface area contributed by atoms with Crippen molar-refractivity contribution in [1.29, 1.82) is 0 Å². The van der Waals surface area contributed by atoms with Crippen LogP contribution in [0.5, 0.6) is 0 Å². The normalized spacial score (nSPS) is 14.3. The number of aryl methyl sites for hydroxylation is 2. The van der Waals surface area contributed by atoms with Crippen LogP contribution < -0.4 is 27.2 Å². The highest BCUT2D eigenvalue weighted by Gasteiger charge is 2.34. The highest BCUT2D eigenvalue weighted by atomic mass is 19.4. The largest absolute Gasteiger partial charge is 0.416 e. The Labute approximate surface area is 224 Å². The number of benzene rings is 1. The molecule has 0 spiro atoms. The third kappa shape index (κ3) is 5.96. The fraction of sp³-hybridized carbons (Fsp3) is 0.296. The van der Waals surface area contributed by atoms with Crippen LogP contribution >= 0.6 is 0 Å². The van der Waals surface area contributed by atoms with E-state index >= 15 is 0 Å². The molecule has 0 bridgehead atoms. The molecule has 6 N–H and O–H groups in total. The number of aromatic nitrogens is 3. The highest BCUT2D eigenvalue weighted by Crippen LogP contribution is 2.38. The zero-order valence-electron chi connectivity index (χ0n) is 22.1. The highest BCUT2D eigenvalue weighted by molar-refractivity contribution is 6.05. The number of nitrogens with one attached hydrogen (secondary N) is 2. The van der Waals surface area contributed by atoms with Crippen LogP contribution in [0.25, 0.3) is 11.3 Å². The van der Waals surface area contributed by atoms with Crippen molar-refractivity contribution in [3.63, 3.8) is 0 Å². The fourth-order valence-corrected chi connectivity index (χ4v) is 4.46. The van der Waals surface area contributed by atoms with Gasteiger partial charge in [-0.25, -0.2) is 5.84 Å². The van der Waals surface area contributed by atoms with Gasteiger partial charge in [-0.2, -0.15) is 18.3 Å². The molecular formula is C27H31F3N8O. The summed E-state index contributed by atoms with van der Waals surface area (Å²) in [5.74, 6) is 5.62. The molecule has 1 aliphatic rings. The van der Waals surface area contributed by atoms with Crippen molar-refractivity contribution in [3.8, 4) is 0 Å². The van der Waals surface area contributed by atoms with E-state index in [9.17, 15) is 18.0 Å². The number of alkyl halides is 3.